The Hall–Kier alpha value is -3.13. The number of anilines is 1. The number of thiazole rings is 1. The Bertz CT molecular complexity index is 919. The van der Waals surface area contributed by atoms with Crippen molar-refractivity contribution in [2.45, 2.75) is 6.92 Å². The minimum atomic E-state index is -0.539. The summed E-state index contributed by atoms with van der Waals surface area (Å²) in [6, 6.07) is 5.22. The van der Waals surface area contributed by atoms with Crippen LogP contribution in [0.3, 0.4) is 0 Å². The van der Waals surface area contributed by atoms with Crippen molar-refractivity contribution in [1.82, 2.24) is 9.97 Å². The zero-order valence-corrected chi connectivity index (χ0v) is 13.5. The van der Waals surface area contributed by atoms with Gasteiger partial charge in [0.05, 0.1) is 5.69 Å². The molecule has 8 heteroatoms. The monoisotopic (exact) mass is 342 g/mol. The number of amides is 2. The molecule has 0 spiro atoms. The number of nitrogens with zero attached hydrogens (tertiary/aromatic N) is 1. The fraction of sp³-hybridized carbons (Fsp3) is 0.0625. The fourth-order valence-corrected chi connectivity index (χ4v) is 2.72. The highest BCUT2D eigenvalue weighted by atomic mass is 32.1. The van der Waals surface area contributed by atoms with Gasteiger partial charge in [-0.2, -0.15) is 0 Å². The molecule has 0 radical (unpaired) electrons. The number of furan rings is 1. The van der Waals surface area contributed by atoms with Gasteiger partial charge in [0.1, 0.15) is 17.2 Å². The zero-order valence-electron chi connectivity index (χ0n) is 12.7. The number of hydrogen-bond acceptors (Lipinski definition) is 5. The lowest BCUT2D eigenvalue weighted by atomic mass is 10.2. The first-order chi connectivity index (χ1) is 11.5. The number of aromatic nitrogens is 2. The van der Waals surface area contributed by atoms with Gasteiger partial charge in [-0.05, 0) is 31.2 Å². The standard InChI is InChI=1S/C16H14N4O3S/c1-9-2-3-11(23-9)4-5-14(21)20-16-19-13(8-24-16)10-6-12(15(17)22)18-7-10/h2-8,18H,1H3,(H2,17,22)(H,19,20,21)/b5-4+. The van der Waals surface area contributed by atoms with Gasteiger partial charge in [0, 0.05) is 23.2 Å². The molecule has 3 aromatic heterocycles. The van der Waals surface area contributed by atoms with Crippen LogP contribution in [0.2, 0.25) is 0 Å². The molecule has 7 nitrogen and oxygen atoms in total. The first-order valence-electron chi connectivity index (χ1n) is 7.01. The van der Waals surface area contributed by atoms with Gasteiger partial charge in [-0.25, -0.2) is 4.98 Å². The number of carbonyl (C=O) groups excluding carboxylic acids is 2. The van der Waals surface area contributed by atoms with Crippen LogP contribution in [-0.4, -0.2) is 21.8 Å². The highest BCUT2D eigenvalue weighted by Crippen LogP contribution is 2.25. The molecule has 3 aromatic rings. The summed E-state index contributed by atoms with van der Waals surface area (Å²) in [5.41, 5.74) is 6.87. The first-order valence-corrected chi connectivity index (χ1v) is 7.89. The number of hydrogen-bond donors (Lipinski definition) is 3. The molecule has 24 heavy (non-hydrogen) atoms. The number of H-pyrrole nitrogens is 1. The second kappa shape index (κ2) is 6.55. The molecule has 4 N–H and O–H groups in total. The minimum Gasteiger partial charge on any atom is -0.462 e. The lowest BCUT2D eigenvalue weighted by molar-refractivity contribution is -0.111. The SMILES string of the molecule is Cc1ccc(/C=C/C(=O)Nc2nc(-c3c[nH]c(C(N)=O)c3)cs2)o1. The van der Waals surface area contributed by atoms with E-state index in [1.54, 1.807) is 29.8 Å². The molecule has 0 fully saturated rings. The molecule has 0 atom stereocenters. The Morgan fingerprint density at radius 2 is 2.25 bits per heavy atom. The van der Waals surface area contributed by atoms with E-state index in [0.717, 1.165) is 11.3 Å². The first kappa shape index (κ1) is 15.8. The van der Waals surface area contributed by atoms with Crippen molar-refractivity contribution >= 4 is 34.4 Å². The van der Waals surface area contributed by atoms with Gasteiger partial charge >= 0.3 is 0 Å². The van der Waals surface area contributed by atoms with E-state index < -0.39 is 5.91 Å². The molecule has 0 saturated carbocycles. The van der Waals surface area contributed by atoms with E-state index in [-0.39, 0.29) is 5.91 Å². The number of nitrogens with one attached hydrogen (secondary N) is 2. The third-order valence-corrected chi connectivity index (χ3v) is 3.90. The summed E-state index contributed by atoms with van der Waals surface area (Å²) in [6.07, 6.45) is 4.60. The number of primary amides is 1. The van der Waals surface area contributed by atoms with Crippen molar-refractivity contribution in [3.05, 3.63) is 53.1 Å². The van der Waals surface area contributed by atoms with Gasteiger partial charge in [-0.1, -0.05) is 0 Å². The molecule has 0 unspecified atom stereocenters. The Labute approximate surface area is 141 Å². The van der Waals surface area contributed by atoms with E-state index in [9.17, 15) is 9.59 Å². The van der Waals surface area contributed by atoms with Crippen LogP contribution in [0.25, 0.3) is 17.3 Å². The summed E-state index contributed by atoms with van der Waals surface area (Å²) < 4.78 is 5.35. The summed E-state index contributed by atoms with van der Waals surface area (Å²) >= 11 is 1.29. The molecular formula is C16H14N4O3S. The van der Waals surface area contributed by atoms with E-state index in [1.807, 2.05) is 13.0 Å². The average molecular weight is 342 g/mol. The Kier molecular flexibility index (Phi) is 4.30. The number of rotatable bonds is 5. The van der Waals surface area contributed by atoms with Crippen molar-refractivity contribution in [2.75, 3.05) is 5.32 Å². The third-order valence-electron chi connectivity index (χ3n) is 3.14. The van der Waals surface area contributed by atoms with Crippen LogP contribution < -0.4 is 11.1 Å². The predicted octanol–water partition coefficient (Wildman–Crippen LogP) is 2.79. The Morgan fingerprint density at radius 1 is 1.42 bits per heavy atom. The quantitative estimate of drug-likeness (QED) is 0.618. The molecule has 122 valence electrons. The van der Waals surface area contributed by atoms with Crippen molar-refractivity contribution in [2.24, 2.45) is 5.73 Å². The van der Waals surface area contributed by atoms with Gasteiger partial charge in [-0.3, -0.25) is 14.9 Å². The van der Waals surface area contributed by atoms with Crippen molar-refractivity contribution in [3.8, 4) is 11.3 Å². The summed E-state index contributed by atoms with van der Waals surface area (Å²) in [5, 5.41) is 4.91. The van der Waals surface area contributed by atoms with Crippen molar-refractivity contribution in [1.29, 1.82) is 0 Å². The summed E-state index contributed by atoms with van der Waals surface area (Å²) in [4.78, 5) is 30.1. The average Bonchev–Trinajstić information content (AvgIpc) is 3.24. The molecular weight excluding hydrogens is 328 g/mol. The van der Waals surface area contributed by atoms with Crippen LogP contribution in [-0.2, 0) is 4.79 Å². The fourth-order valence-electron chi connectivity index (χ4n) is 2.00. The maximum Gasteiger partial charge on any atom is 0.265 e. The van der Waals surface area contributed by atoms with Crippen LogP contribution in [0.15, 0.2) is 40.3 Å². The third kappa shape index (κ3) is 3.61. The summed E-state index contributed by atoms with van der Waals surface area (Å²) in [7, 11) is 0. The predicted molar refractivity (Wildman–Crippen MR) is 91.5 cm³/mol. The second-order valence-electron chi connectivity index (χ2n) is 4.98. The molecule has 0 aliphatic carbocycles. The molecule has 0 aromatic carbocycles. The van der Waals surface area contributed by atoms with Crippen molar-refractivity contribution < 1.29 is 14.0 Å². The molecule has 0 aliphatic rings. The lowest BCUT2D eigenvalue weighted by Gasteiger charge is -1.95. The van der Waals surface area contributed by atoms with E-state index in [0.29, 0.717) is 22.3 Å². The normalized spacial score (nSPS) is 11.0. The number of nitrogens with two attached hydrogens (primary N) is 1. The topological polar surface area (TPSA) is 114 Å². The summed E-state index contributed by atoms with van der Waals surface area (Å²) in [6.45, 7) is 1.83. The Morgan fingerprint density at radius 3 is 2.92 bits per heavy atom. The maximum absolute atomic E-state index is 11.9. The van der Waals surface area contributed by atoms with Gasteiger partial charge in [0.25, 0.3) is 5.91 Å². The lowest BCUT2D eigenvalue weighted by Crippen LogP contribution is -2.10. The molecule has 0 saturated heterocycles. The molecule has 2 amide bonds. The highest BCUT2D eigenvalue weighted by molar-refractivity contribution is 7.14. The Balaban J connectivity index is 1.65. The minimum absolute atomic E-state index is 0.306. The molecule has 3 rings (SSSR count). The van der Waals surface area contributed by atoms with Crippen molar-refractivity contribution in [3.63, 3.8) is 0 Å². The smallest absolute Gasteiger partial charge is 0.265 e. The largest absolute Gasteiger partial charge is 0.462 e. The summed E-state index contributed by atoms with van der Waals surface area (Å²) in [5.74, 6) is 0.537. The van der Waals surface area contributed by atoms with Crippen LogP contribution in [0.5, 0.6) is 0 Å². The highest BCUT2D eigenvalue weighted by Gasteiger charge is 2.10. The maximum atomic E-state index is 11.9. The van der Waals surface area contributed by atoms with Crippen LogP contribution >= 0.6 is 11.3 Å². The zero-order chi connectivity index (χ0) is 17.1. The number of aryl methyl sites for hydroxylation is 1. The van der Waals surface area contributed by atoms with Gasteiger partial charge in [-0.15, -0.1) is 11.3 Å². The van der Waals surface area contributed by atoms with Gasteiger partial charge in [0.15, 0.2) is 5.13 Å². The van der Waals surface area contributed by atoms with E-state index in [2.05, 4.69) is 15.3 Å². The number of carbonyl (C=O) groups is 2. The second-order valence-corrected chi connectivity index (χ2v) is 5.83. The number of aromatic amines is 1. The van der Waals surface area contributed by atoms with Crippen LogP contribution in [0.1, 0.15) is 22.0 Å². The van der Waals surface area contributed by atoms with Gasteiger partial charge < -0.3 is 15.1 Å². The van der Waals surface area contributed by atoms with Crippen LogP contribution in [0, 0.1) is 6.92 Å². The van der Waals surface area contributed by atoms with E-state index in [4.69, 9.17) is 10.2 Å². The molecule has 0 aliphatic heterocycles. The molecule has 0 bridgehead atoms. The van der Waals surface area contributed by atoms with Crippen LogP contribution in [0.4, 0.5) is 5.13 Å². The molecule has 3 heterocycles. The van der Waals surface area contributed by atoms with E-state index >= 15 is 0 Å². The van der Waals surface area contributed by atoms with Gasteiger partial charge in [0.2, 0.25) is 5.91 Å². The van der Waals surface area contributed by atoms with E-state index in [1.165, 1.54) is 17.4 Å².